The minimum atomic E-state index is -1.41. The molecule has 2 aliphatic rings. The average Bonchev–Trinajstić information content (AvgIpc) is 3.29. The first-order valence-electron chi connectivity index (χ1n) is 18.3. The molecule has 0 spiro atoms. The number of esters is 1. The summed E-state index contributed by atoms with van der Waals surface area (Å²) in [7, 11) is 0. The van der Waals surface area contributed by atoms with E-state index in [2.05, 4.69) is 17.6 Å². The summed E-state index contributed by atoms with van der Waals surface area (Å²) < 4.78 is 11.8. The van der Waals surface area contributed by atoms with Crippen LogP contribution in [-0.4, -0.2) is 93.9 Å². The van der Waals surface area contributed by atoms with Crippen molar-refractivity contribution >= 4 is 35.2 Å². The van der Waals surface area contributed by atoms with Crippen molar-refractivity contribution in [2.24, 2.45) is 5.92 Å². The van der Waals surface area contributed by atoms with Crippen LogP contribution >= 0.6 is 23.4 Å². The Morgan fingerprint density at radius 1 is 0.935 bits per heavy atom. The molecular weight excluding hydrogens is 628 g/mol. The van der Waals surface area contributed by atoms with E-state index in [9.17, 15) is 19.8 Å². The fourth-order valence-corrected chi connectivity index (χ4v) is 7.63. The fourth-order valence-electron chi connectivity index (χ4n) is 6.70. The van der Waals surface area contributed by atoms with E-state index in [1.54, 1.807) is 13.2 Å². The van der Waals surface area contributed by atoms with E-state index in [1.807, 2.05) is 0 Å². The average molecular weight is 693 g/mol. The lowest BCUT2D eigenvalue weighted by Gasteiger charge is -2.45. The van der Waals surface area contributed by atoms with Gasteiger partial charge in [0.1, 0.15) is 23.7 Å². The minimum absolute atomic E-state index is 0.176. The van der Waals surface area contributed by atoms with Gasteiger partial charge in [-0.05, 0) is 64.2 Å². The van der Waals surface area contributed by atoms with Gasteiger partial charge in [0.2, 0.25) is 5.91 Å². The van der Waals surface area contributed by atoms with Gasteiger partial charge in [-0.1, -0.05) is 84.0 Å². The summed E-state index contributed by atoms with van der Waals surface area (Å²) >= 11 is 7.80. The van der Waals surface area contributed by atoms with Crippen molar-refractivity contribution in [1.82, 2.24) is 10.6 Å². The molecule has 0 aromatic heterocycles. The standard InChI is InChI=1S/C35H65ClN2O7S/c1-4-5-6-7-8-9-10-11-12-13-14-15-16-19-28(40)44-33-31(42)30(41)32(45-35(33)46-3)29(25(2)36)38-34(43)27-21-20-26(18-17-24-39)22-23-37-27/h25-27,29-33,35,37,39,41-42H,4-24H2,1-3H3,(H,38,43). The fraction of sp³-hybridized carbons (Fsp3) is 0.943. The maximum Gasteiger partial charge on any atom is 0.306 e. The van der Waals surface area contributed by atoms with E-state index in [0.29, 0.717) is 18.9 Å². The predicted molar refractivity (Wildman–Crippen MR) is 187 cm³/mol. The predicted octanol–water partition coefficient (Wildman–Crippen LogP) is 5.83. The van der Waals surface area contributed by atoms with Crippen molar-refractivity contribution in [2.75, 3.05) is 19.4 Å². The lowest BCUT2D eigenvalue weighted by Crippen LogP contribution is -2.65. The van der Waals surface area contributed by atoms with E-state index in [0.717, 1.165) is 44.9 Å². The number of aliphatic hydroxyl groups is 3. The Bertz CT molecular complexity index is 824. The van der Waals surface area contributed by atoms with Crippen LogP contribution < -0.4 is 10.6 Å². The van der Waals surface area contributed by atoms with Crippen LogP contribution in [0.2, 0.25) is 0 Å². The van der Waals surface area contributed by atoms with Gasteiger partial charge in [-0.3, -0.25) is 9.59 Å². The third-order valence-corrected chi connectivity index (χ3v) is 10.7. The molecule has 2 fully saturated rings. The first-order chi connectivity index (χ1) is 22.2. The second-order valence-electron chi connectivity index (χ2n) is 13.4. The highest BCUT2D eigenvalue weighted by atomic mass is 35.5. The SMILES string of the molecule is CCCCCCCCCCCCCCCC(=O)OC1C(SC)OC(C(NC(=O)C2CCC(CCCO)CCN2)C(C)Cl)C(O)C1O. The summed E-state index contributed by atoms with van der Waals surface area (Å²) in [5, 5.41) is 37.0. The highest BCUT2D eigenvalue weighted by molar-refractivity contribution is 7.99. The number of rotatable bonds is 23. The van der Waals surface area contributed by atoms with E-state index in [4.69, 9.17) is 26.2 Å². The summed E-state index contributed by atoms with van der Waals surface area (Å²) in [6.45, 7) is 4.85. The van der Waals surface area contributed by atoms with Crippen molar-refractivity contribution in [1.29, 1.82) is 0 Å². The van der Waals surface area contributed by atoms with Gasteiger partial charge >= 0.3 is 5.97 Å². The number of thioether (sulfide) groups is 1. The molecule has 270 valence electrons. The van der Waals surface area contributed by atoms with Crippen molar-refractivity contribution in [2.45, 2.75) is 183 Å². The molecule has 1 amide bonds. The Balaban J connectivity index is 1.76. The van der Waals surface area contributed by atoms with Crippen LogP contribution in [-0.2, 0) is 19.1 Å². The number of amides is 1. The van der Waals surface area contributed by atoms with Gasteiger partial charge in [-0.25, -0.2) is 0 Å². The van der Waals surface area contributed by atoms with E-state index in [1.165, 1.54) is 76.0 Å². The number of hydrogen-bond donors (Lipinski definition) is 5. The summed E-state index contributed by atoms with van der Waals surface area (Å²) in [6, 6.07) is -1.18. The van der Waals surface area contributed by atoms with Gasteiger partial charge in [-0.15, -0.1) is 23.4 Å². The molecule has 0 saturated carbocycles. The quantitative estimate of drug-likeness (QED) is 0.0509. The number of carbonyl (C=O) groups is 2. The Morgan fingerprint density at radius 2 is 1.54 bits per heavy atom. The molecular formula is C35H65ClN2O7S. The Labute approximate surface area is 288 Å². The van der Waals surface area contributed by atoms with Crippen LogP contribution in [0, 0.1) is 5.92 Å². The van der Waals surface area contributed by atoms with Crippen molar-refractivity contribution < 1.29 is 34.4 Å². The number of nitrogens with one attached hydrogen (secondary N) is 2. The van der Waals surface area contributed by atoms with Gasteiger partial charge in [0.15, 0.2) is 6.10 Å². The van der Waals surface area contributed by atoms with Crippen LogP contribution in [0.5, 0.6) is 0 Å². The molecule has 9 atom stereocenters. The van der Waals surface area contributed by atoms with E-state index < -0.39 is 53.3 Å². The lowest BCUT2D eigenvalue weighted by molar-refractivity contribution is -0.218. The minimum Gasteiger partial charge on any atom is -0.456 e. The lowest BCUT2D eigenvalue weighted by atomic mass is 9.92. The molecule has 9 nitrogen and oxygen atoms in total. The molecule has 5 N–H and O–H groups in total. The van der Waals surface area contributed by atoms with Gasteiger partial charge in [0.25, 0.3) is 0 Å². The topological polar surface area (TPSA) is 137 Å². The van der Waals surface area contributed by atoms with Gasteiger partial charge in [0.05, 0.1) is 17.5 Å². The number of carbonyl (C=O) groups excluding carboxylic acids is 2. The second-order valence-corrected chi connectivity index (χ2v) is 15.1. The highest BCUT2D eigenvalue weighted by Gasteiger charge is 2.50. The summed E-state index contributed by atoms with van der Waals surface area (Å²) in [6.07, 6.45) is 17.3. The van der Waals surface area contributed by atoms with Crippen LogP contribution in [0.4, 0.5) is 0 Å². The second kappa shape index (κ2) is 24.5. The molecule has 2 rings (SSSR count). The molecule has 2 aliphatic heterocycles. The zero-order chi connectivity index (χ0) is 33.7. The maximum atomic E-state index is 13.3. The molecule has 9 unspecified atom stereocenters. The zero-order valence-electron chi connectivity index (χ0n) is 28.8. The van der Waals surface area contributed by atoms with E-state index in [-0.39, 0.29) is 18.9 Å². The highest BCUT2D eigenvalue weighted by Crippen LogP contribution is 2.33. The molecule has 0 aromatic carbocycles. The van der Waals surface area contributed by atoms with Gasteiger partial charge in [0, 0.05) is 13.0 Å². The summed E-state index contributed by atoms with van der Waals surface area (Å²) in [5.74, 6) is -0.171. The molecule has 0 bridgehead atoms. The van der Waals surface area contributed by atoms with Crippen LogP contribution in [0.25, 0.3) is 0 Å². The Kier molecular flexibility index (Phi) is 22.1. The largest absolute Gasteiger partial charge is 0.456 e. The van der Waals surface area contributed by atoms with Gasteiger partial charge < -0.3 is 35.4 Å². The molecule has 2 heterocycles. The number of ether oxygens (including phenoxy) is 2. The smallest absolute Gasteiger partial charge is 0.306 e. The maximum absolute atomic E-state index is 13.3. The number of alkyl halides is 1. The molecule has 0 radical (unpaired) electrons. The monoisotopic (exact) mass is 692 g/mol. The number of hydrogen-bond acceptors (Lipinski definition) is 9. The van der Waals surface area contributed by atoms with E-state index >= 15 is 0 Å². The molecule has 0 aliphatic carbocycles. The Morgan fingerprint density at radius 3 is 2.11 bits per heavy atom. The zero-order valence-corrected chi connectivity index (χ0v) is 30.4. The van der Waals surface area contributed by atoms with Crippen molar-refractivity contribution in [3.63, 3.8) is 0 Å². The molecule has 46 heavy (non-hydrogen) atoms. The number of unbranched alkanes of at least 4 members (excludes halogenated alkanes) is 12. The molecule has 11 heteroatoms. The van der Waals surface area contributed by atoms with Crippen LogP contribution in [0.15, 0.2) is 0 Å². The first-order valence-corrected chi connectivity index (χ1v) is 20.0. The first kappa shape index (κ1) is 41.6. The number of halogens is 1. The van der Waals surface area contributed by atoms with Gasteiger partial charge in [-0.2, -0.15) is 0 Å². The van der Waals surface area contributed by atoms with Crippen molar-refractivity contribution in [3.05, 3.63) is 0 Å². The van der Waals surface area contributed by atoms with Crippen LogP contribution in [0.3, 0.4) is 0 Å². The summed E-state index contributed by atoms with van der Waals surface area (Å²) in [4.78, 5) is 26.0. The molecule has 0 aromatic rings. The van der Waals surface area contributed by atoms with Crippen LogP contribution in [0.1, 0.15) is 136 Å². The Hall–Kier alpha value is -0.620. The third-order valence-electron chi connectivity index (χ3n) is 9.62. The third kappa shape index (κ3) is 15.3. The number of aliphatic hydroxyl groups excluding tert-OH is 3. The summed E-state index contributed by atoms with van der Waals surface area (Å²) in [5.41, 5.74) is -0.725. The molecule has 2 saturated heterocycles. The normalized spacial score (nSPS) is 28.3. The van der Waals surface area contributed by atoms with Crippen molar-refractivity contribution in [3.8, 4) is 0 Å².